The second-order valence-electron chi connectivity index (χ2n) is 6.46. The van der Waals surface area contributed by atoms with E-state index in [1.54, 1.807) is 12.3 Å². The van der Waals surface area contributed by atoms with Crippen LogP contribution < -0.4 is 11.3 Å². The molecule has 0 bridgehead atoms. The number of hydrazine groups is 1. The Kier molecular flexibility index (Phi) is 4.32. The summed E-state index contributed by atoms with van der Waals surface area (Å²) in [5.74, 6) is 7.74. The van der Waals surface area contributed by atoms with Crippen LogP contribution in [0.4, 0.5) is 4.39 Å². The first-order valence-electron chi connectivity index (χ1n) is 7.84. The van der Waals surface area contributed by atoms with Crippen LogP contribution in [0.3, 0.4) is 0 Å². The number of fused-ring (bicyclic) bond motifs is 1. The molecule has 2 aliphatic rings. The molecule has 4 unspecified atom stereocenters. The quantitative estimate of drug-likeness (QED) is 0.658. The van der Waals surface area contributed by atoms with E-state index in [4.69, 9.17) is 5.84 Å². The van der Waals surface area contributed by atoms with E-state index < -0.39 is 0 Å². The van der Waals surface area contributed by atoms with Crippen molar-refractivity contribution in [1.29, 1.82) is 0 Å². The summed E-state index contributed by atoms with van der Waals surface area (Å²) in [7, 11) is 0. The SMILES string of the molecule is NNC(c1cncc(F)c1)C1CCC2CCCCC2C1. The number of nitrogens with zero attached hydrogens (tertiary/aromatic N) is 1. The van der Waals surface area contributed by atoms with Gasteiger partial charge in [0, 0.05) is 6.20 Å². The third-order valence-corrected chi connectivity index (χ3v) is 5.32. The first-order valence-corrected chi connectivity index (χ1v) is 7.84. The Hall–Kier alpha value is -1.00. The molecule has 0 radical (unpaired) electrons. The molecule has 4 atom stereocenters. The summed E-state index contributed by atoms with van der Waals surface area (Å²) in [6, 6.07) is 1.59. The van der Waals surface area contributed by atoms with Crippen molar-refractivity contribution in [2.24, 2.45) is 23.6 Å². The fourth-order valence-electron chi connectivity index (χ4n) is 4.32. The number of hydrogen-bond donors (Lipinski definition) is 2. The van der Waals surface area contributed by atoms with Crippen LogP contribution in [-0.2, 0) is 0 Å². The highest BCUT2D eigenvalue weighted by Gasteiger charge is 2.35. The molecule has 0 aromatic carbocycles. The van der Waals surface area contributed by atoms with Crippen molar-refractivity contribution >= 4 is 0 Å². The number of nitrogens with one attached hydrogen (secondary N) is 1. The van der Waals surface area contributed by atoms with Gasteiger partial charge < -0.3 is 0 Å². The number of aromatic nitrogens is 1. The Morgan fingerprint density at radius 3 is 2.70 bits per heavy atom. The van der Waals surface area contributed by atoms with Crippen LogP contribution >= 0.6 is 0 Å². The van der Waals surface area contributed by atoms with Crippen LogP contribution in [0.15, 0.2) is 18.5 Å². The minimum Gasteiger partial charge on any atom is -0.271 e. The standard InChI is InChI=1S/C16H24FN3/c17-15-8-14(9-19-10-15)16(20-18)13-6-5-11-3-1-2-4-12(11)7-13/h8-13,16,20H,1-7,18H2. The van der Waals surface area contributed by atoms with Crippen molar-refractivity contribution in [2.75, 3.05) is 0 Å². The van der Waals surface area contributed by atoms with E-state index in [0.717, 1.165) is 17.4 Å². The lowest BCUT2D eigenvalue weighted by atomic mass is 9.65. The number of rotatable bonds is 3. The molecule has 3 N–H and O–H groups in total. The minimum absolute atomic E-state index is 0.0288. The molecule has 2 fully saturated rings. The van der Waals surface area contributed by atoms with Gasteiger partial charge in [-0.05, 0) is 48.6 Å². The fraction of sp³-hybridized carbons (Fsp3) is 0.688. The van der Waals surface area contributed by atoms with E-state index in [1.165, 1.54) is 51.1 Å². The molecule has 3 rings (SSSR count). The molecular formula is C16H24FN3. The molecule has 1 aromatic heterocycles. The molecule has 110 valence electrons. The molecule has 4 heteroatoms. The van der Waals surface area contributed by atoms with Crippen molar-refractivity contribution < 1.29 is 4.39 Å². The monoisotopic (exact) mass is 277 g/mol. The summed E-state index contributed by atoms with van der Waals surface area (Å²) in [4.78, 5) is 3.96. The van der Waals surface area contributed by atoms with E-state index in [0.29, 0.717) is 5.92 Å². The maximum absolute atomic E-state index is 13.4. The van der Waals surface area contributed by atoms with Gasteiger partial charge in [-0.25, -0.2) is 4.39 Å². The first kappa shape index (κ1) is 14.0. The van der Waals surface area contributed by atoms with Crippen molar-refractivity contribution in [1.82, 2.24) is 10.4 Å². The Morgan fingerprint density at radius 2 is 1.95 bits per heavy atom. The fourth-order valence-corrected chi connectivity index (χ4v) is 4.32. The van der Waals surface area contributed by atoms with Gasteiger partial charge in [0.15, 0.2) is 0 Å². The maximum atomic E-state index is 13.4. The lowest BCUT2D eigenvalue weighted by Crippen LogP contribution is -2.38. The van der Waals surface area contributed by atoms with Gasteiger partial charge in [0.2, 0.25) is 0 Å². The molecule has 3 nitrogen and oxygen atoms in total. The summed E-state index contributed by atoms with van der Waals surface area (Å²) < 4.78 is 13.4. The van der Waals surface area contributed by atoms with E-state index in [2.05, 4.69) is 10.4 Å². The number of halogens is 1. The van der Waals surface area contributed by atoms with Crippen LogP contribution in [0, 0.1) is 23.6 Å². The first-order chi connectivity index (χ1) is 9.78. The molecule has 0 aliphatic heterocycles. The molecule has 1 heterocycles. The van der Waals surface area contributed by atoms with Gasteiger partial charge in [-0.1, -0.05) is 25.7 Å². The molecule has 0 spiro atoms. The second kappa shape index (κ2) is 6.19. The smallest absolute Gasteiger partial charge is 0.141 e. The van der Waals surface area contributed by atoms with Crippen LogP contribution in [0.25, 0.3) is 0 Å². The molecule has 2 saturated carbocycles. The number of hydrogen-bond acceptors (Lipinski definition) is 3. The zero-order valence-corrected chi connectivity index (χ0v) is 11.9. The summed E-state index contributed by atoms with van der Waals surface area (Å²) in [5, 5.41) is 0. The lowest BCUT2D eigenvalue weighted by molar-refractivity contribution is 0.109. The van der Waals surface area contributed by atoms with Crippen molar-refractivity contribution in [3.05, 3.63) is 29.8 Å². The van der Waals surface area contributed by atoms with Crippen LogP contribution in [-0.4, -0.2) is 4.98 Å². The van der Waals surface area contributed by atoms with E-state index >= 15 is 0 Å². The van der Waals surface area contributed by atoms with Gasteiger partial charge in [-0.3, -0.25) is 16.3 Å². The van der Waals surface area contributed by atoms with Crippen molar-refractivity contribution in [2.45, 2.75) is 51.0 Å². The maximum Gasteiger partial charge on any atom is 0.141 e. The van der Waals surface area contributed by atoms with Crippen LogP contribution in [0.5, 0.6) is 0 Å². The summed E-state index contributed by atoms with van der Waals surface area (Å²) in [6.07, 6.45) is 12.2. The highest BCUT2D eigenvalue weighted by atomic mass is 19.1. The highest BCUT2D eigenvalue weighted by Crippen LogP contribution is 2.45. The van der Waals surface area contributed by atoms with E-state index in [9.17, 15) is 4.39 Å². The highest BCUT2D eigenvalue weighted by molar-refractivity contribution is 5.16. The zero-order chi connectivity index (χ0) is 13.9. The van der Waals surface area contributed by atoms with Gasteiger partial charge in [0.05, 0.1) is 12.2 Å². The molecule has 20 heavy (non-hydrogen) atoms. The van der Waals surface area contributed by atoms with Crippen LogP contribution in [0.1, 0.15) is 56.6 Å². The molecule has 0 saturated heterocycles. The second-order valence-corrected chi connectivity index (χ2v) is 6.46. The van der Waals surface area contributed by atoms with Gasteiger partial charge >= 0.3 is 0 Å². The van der Waals surface area contributed by atoms with E-state index in [1.807, 2.05) is 0 Å². The Bertz CT molecular complexity index is 451. The molecule has 0 amide bonds. The molecule has 2 aliphatic carbocycles. The topological polar surface area (TPSA) is 50.9 Å². The molecule has 1 aromatic rings. The Morgan fingerprint density at radius 1 is 1.15 bits per heavy atom. The number of pyridine rings is 1. The van der Waals surface area contributed by atoms with E-state index in [-0.39, 0.29) is 11.9 Å². The Labute approximate surface area is 120 Å². The third-order valence-electron chi connectivity index (χ3n) is 5.32. The predicted octanol–water partition coefficient (Wildman–Crippen LogP) is 3.33. The third kappa shape index (κ3) is 2.86. The normalized spacial score (nSPS) is 31.6. The Balaban J connectivity index is 1.73. The van der Waals surface area contributed by atoms with Crippen molar-refractivity contribution in [3.8, 4) is 0 Å². The predicted molar refractivity (Wildman–Crippen MR) is 77.0 cm³/mol. The molecular weight excluding hydrogens is 253 g/mol. The van der Waals surface area contributed by atoms with Gasteiger partial charge in [0.25, 0.3) is 0 Å². The minimum atomic E-state index is -0.283. The zero-order valence-electron chi connectivity index (χ0n) is 11.9. The average Bonchev–Trinajstić information content (AvgIpc) is 2.48. The van der Waals surface area contributed by atoms with Crippen LogP contribution in [0.2, 0.25) is 0 Å². The summed E-state index contributed by atoms with van der Waals surface area (Å²) in [6.45, 7) is 0. The largest absolute Gasteiger partial charge is 0.271 e. The van der Waals surface area contributed by atoms with Gasteiger partial charge in [-0.2, -0.15) is 0 Å². The summed E-state index contributed by atoms with van der Waals surface area (Å²) >= 11 is 0. The lowest BCUT2D eigenvalue weighted by Gasteiger charge is -2.41. The number of nitrogens with two attached hydrogens (primary N) is 1. The van der Waals surface area contributed by atoms with Crippen molar-refractivity contribution in [3.63, 3.8) is 0 Å². The van der Waals surface area contributed by atoms with Gasteiger partial charge in [0.1, 0.15) is 5.82 Å². The average molecular weight is 277 g/mol. The summed E-state index contributed by atoms with van der Waals surface area (Å²) in [5.41, 5.74) is 3.79. The van der Waals surface area contributed by atoms with Gasteiger partial charge in [-0.15, -0.1) is 0 Å².